The van der Waals surface area contributed by atoms with E-state index >= 15 is 0 Å². The number of rotatable bonds is 6. The minimum absolute atomic E-state index is 0. The van der Waals surface area contributed by atoms with E-state index in [2.05, 4.69) is 39.5 Å². The molecule has 6 rings (SSSR count). The summed E-state index contributed by atoms with van der Waals surface area (Å²) < 4.78 is 10.2. The molecule has 46 heavy (non-hydrogen) atoms. The van der Waals surface area contributed by atoms with E-state index in [0.29, 0.717) is 28.3 Å². The van der Waals surface area contributed by atoms with Gasteiger partial charge in [0.25, 0.3) is 0 Å². The normalized spacial score (nSPS) is 30.1. The van der Waals surface area contributed by atoms with Crippen LogP contribution in [0.4, 0.5) is 0 Å². The van der Waals surface area contributed by atoms with Gasteiger partial charge < -0.3 is 30.1 Å². The molecular formula is C36H40N4O5Zn-4. The number of ether oxygens (including phenoxy) is 2. The van der Waals surface area contributed by atoms with Crippen LogP contribution in [-0.4, -0.2) is 56.1 Å². The number of hydrogen-bond acceptors (Lipinski definition) is 5. The molecule has 4 aliphatic rings. The second-order valence-corrected chi connectivity index (χ2v) is 12.6. The van der Waals surface area contributed by atoms with Gasteiger partial charge in [0.1, 0.15) is 5.92 Å². The molecule has 1 fully saturated rings. The summed E-state index contributed by atoms with van der Waals surface area (Å²) in [6.07, 6.45) is 9.56. The quantitative estimate of drug-likeness (QED) is 0.199. The van der Waals surface area contributed by atoms with E-state index in [1.54, 1.807) is 0 Å². The van der Waals surface area contributed by atoms with Crippen molar-refractivity contribution >= 4 is 47.6 Å². The molecule has 2 aromatic heterocycles. The summed E-state index contributed by atoms with van der Waals surface area (Å²) in [5.74, 6) is -2.58. The van der Waals surface area contributed by atoms with Gasteiger partial charge in [0.2, 0.25) is 0 Å². The summed E-state index contributed by atoms with van der Waals surface area (Å²) in [7, 11) is 2.67. The summed E-state index contributed by atoms with van der Waals surface area (Å²) >= 11 is 0. The van der Waals surface area contributed by atoms with E-state index in [1.807, 2.05) is 26.0 Å². The van der Waals surface area contributed by atoms with E-state index in [0.717, 1.165) is 33.8 Å². The van der Waals surface area contributed by atoms with E-state index < -0.39 is 17.9 Å². The van der Waals surface area contributed by atoms with Gasteiger partial charge in [-0.2, -0.15) is 0 Å². The van der Waals surface area contributed by atoms with E-state index in [1.165, 1.54) is 25.4 Å². The predicted octanol–water partition coefficient (Wildman–Crippen LogP) is 2.23. The van der Waals surface area contributed by atoms with Crippen LogP contribution in [0.15, 0.2) is 17.7 Å². The first-order chi connectivity index (χ1) is 21.5. The van der Waals surface area contributed by atoms with Crippen LogP contribution in [0.5, 0.6) is 0 Å². The molecule has 3 aliphatic heterocycles. The molecular weight excluding hydrogens is 634 g/mol. The van der Waals surface area contributed by atoms with Crippen LogP contribution in [-0.2, 0) is 38.5 Å². The molecule has 0 N–H and O–H groups in total. The maximum absolute atomic E-state index is 14.1. The molecule has 7 unspecified atom stereocenters. The Morgan fingerprint density at radius 3 is 2.30 bits per heavy atom. The van der Waals surface area contributed by atoms with Crippen molar-refractivity contribution in [3.05, 3.63) is 72.0 Å². The summed E-state index contributed by atoms with van der Waals surface area (Å²) in [4.78, 5) is 49.8. The van der Waals surface area contributed by atoms with Gasteiger partial charge in [0.05, 0.1) is 14.2 Å². The molecule has 0 saturated carbocycles. The summed E-state index contributed by atoms with van der Waals surface area (Å²) in [5, 5.41) is 13.3. The maximum Gasteiger partial charge on any atom is 0.320 e. The molecule has 8 bridgehead atoms. The first-order valence-corrected chi connectivity index (χ1v) is 15.7. The van der Waals surface area contributed by atoms with Crippen molar-refractivity contribution < 1.29 is 43.3 Å². The molecule has 5 heterocycles. The van der Waals surface area contributed by atoms with Crippen LogP contribution in [0.25, 0.3) is 40.5 Å². The Morgan fingerprint density at radius 1 is 0.957 bits per heavy atom. The van der Waals surface area contributed by atoms with Crippen molar-refractivity contribution in [2.75, 3.05) is 14.2 Å². The van der Waals surface area contributed by atoms with E-state index in [-0.39, 0.29) is 67.6 Å². The molecule has 0 radical (unpaired) electrons. The Bertz CT molecular complexity index is 1900. The molecule has 1 saturated heterocycles. The topological polar surface area (TPSA) is 126 Å². The molecule has 10 heteroatoms. The van der Waals surface area contributed by atoms with Crippen molar-refractivity contribution in [2.24, 2.45) is 17.8 Å². The van der Waals surface area contributed by atoms with Gasteiger partial charge in [0.15, 0.2) is 5.78 Å². The van der Waals surface area contributed by atoms with Gasteiger partial charge in [-0.15, -0.1) is 51.7 Å². The zero-order chi connectivity index (χ0) is 32.3. The van der Waals surface area contributed by atoms with Crippen molar-refractivity contribution in [3.8, 4) is 0 Å². The average molecular weight is 674 g/mol. The van der Waals surface area contributed by atoms with Crippen LogP contribution in [0.3, 0.4) is 0 Å². The summed E-state index contributed by atoms with van der Waals surface area (Å²) in [6.45, 7) is 14.4. The van der Waals surface area contributed by atoms with Gasteiger partial charge in [-0.25, -0.2) is 0 Å². The minimum atomic E-state index is -1.14. The standard InChI is InChI=1S/C36H40N4O5.Zn/c1-9-20-16(3)23-13-25-18(5)22(11-12-29(41)44-7)33(39-25)31-32(36(43)45-8)35(42)30-19(6)26(40-34(30)31)15-28-21(10-2)17(4)24(38-28)14-27(20)37-23;/h9,13-15,18,22,24-25,28,32-33H,1,10-12H2,2-8H3;/q-4;/b23-13-,26-15-,27-14-;. The minimum Gasteiger partial charge on any atom is -0.658 e. The third kappa shape index (κ3) is 5.32. The van der Waals surface area contributed by atoms with Gasteiger partial charge in [-0.3, -0.25) is 14.4 Å². The van der Waals surface area contributed by atoms with Crippen molar-refractivity contribution in [2.45, 2.75) is 78.0 Å². The molecule has 1 aliphatic carbocycles. The summed E-state index contributed by atoms with van der Waals surface area (Å²) in [5.41, 5.74) is 6.11. The number of aromatic nitrogens is 2. The van der Waals surface area contributed by atoms with E-state index in [4.69, 9.17) is 30.1 Å². The van der Waals surface area contributed by atoms with Crippen molar-refractivity contribution in [1.82, 2.24) is 9.97 Å². The maximum atomic E-state index is 14.1. The van der Waals surface area contributed by atoms with Gasteiger partial charge >= 0.3 is 11.9 Å². The molecule has 0 aromatic carbocycles. The Morgan fingerprint density at radius 2 is 1.65 bits per heavy atom. The molecule has 0 amide bonds. The molecule has 0 spiro atoms. The number of methoxy groups -OCH3 is 2. The summed E-state index contributed by atoms with van der Waals surface area (Å²) in [6, 6.07) is -1.20. The SMILES string of the molecule is C=Cc1c(C)/c2[n-]/c1=C\C1[N-]C(/C=c3\[n-]c4c(c3C)C(=O)C(C(=O)OC)C=4C3[N-]C(\C=2)C(C)C3CCC(=O)OC)C(CC)=C1C.[Zn]. The second kappa shape index (κ2) is 13.1. The number of ketones is 1. The van der Waals surface area contributed by atoms with Gasteiger partial charge in [-0.1, -0.05) is 78.3 Å². The number of hydrogen-bond donors (Lipinski definition) is 0. The fourth-order valence-electron chi connectivity index (χ4n) is 7.82. The Hall–Kier alpha value is -3.33. The number of esters is 2. The predicted molar refractivity (Wildman–Crippen MR) is 173 cm³/mol. The molecule has 9 nitrogen and oxygen atoms in total. The molecule has 7 atom stereocenters. The molecule has 2 aromatic rings. The fraction of sp³-hybridized carbons (Fsp3) is 0.472. The number of nitrogens with zero attached hydrogens (tertiary/aromatic N) is 4. The van der Waals surface area contributed by atoms with Crippen LogP contribution in [0.1, 0.15) is 67.1 Å². The number of fused-ring (bicyclic) bond motifs is 8. The third-order valence-electron chi connectivity index (χ3n) is 10.4. The average Bonchev–Trinajstić information content (AvgIpc) is 3.76. The van der Waals surface area contributed by atoms with Crippen molar-refractivity contribution in [3.63, 3.8) is 0 Å². The largest absolute Gasteiger partial charge is 0.658 e. The first-order valence-electron chi connectivity index (χ1n) is 15.7. The third-order valence-corrected chi connectivity index (χ3v) is 10.4. The monoisotopic (exact) mass is 672 g/mol. The molecule has 240 valence electrons. The number of Topliss-reactive ketones (excluding diaryl/α,β-unsaturated/α-hetero) is 1. The van der Waals surface area contributed by atoms with Gasteiger partial charge in [-0.05, 0) is 39.2 Å². The fourth-order valence-corrected chi connectivity index (χ4v) is 7.82. The zero-order valence-electron chi connectivity index (χ0n) is 27.7. The Kier molecular flexibility index (Phi) is 9.65. The zero-order valence-corrected chi connectivity index (χ0v) is 30.7. The first kappa shape index (κ1) is 34.0. The van der Waals surface area contributed by atoms with Crippen LogP contribution in [0, 0.1) is 31.6 Å². The van der Waals surface area contributed by atoms with Crippen LogP contribution >= 0.6 is 0 Å². The Labute approximate surface area is 282 Å². The van der Waals surface area contributed by atoms with Crippen LogP contribution in [0.2, 0.25) is 0 Å². The van der Waals surface area contributed by atoms with Crippen LogP contribution < -0.4 is 31.4 Å². The second-order valence-electron chi connectivity index (χ2n) is 12.6. The van der Waals surface area contributed by atoms with E-state index in [9.17, 15) is 14.4 Å². The number of carbonyl (C=O) groups excluding carboxylic acids is 3. The van der Waals surface area contributed by atoms with Gasteiger partial charge in [0, 0.05) is 31.5 Å². The smallest absolute Gasteiger partial charge is 0.320 e. The Balaban J connectivity index is 0.00000417. The number of carbonyl (C=O) groups is 3. The van der Waals surface area contributed by atoms with Crippen molar-refractivity contribution in [1.29, 1.82) is 0 Å².